The predicted octanol–water partition coefficient (Wildman–Crippen LogP) is 2.96. The first kappa shape index (κ1) is 12.0. The molecule has 0 saturated carbocycles. The highest BCUT2D eigenvalue weighted by Crippen LogP contribution is 2.38. The number of hydrogen-bond donors (Lipinski definition) is 0. The van der Waals surface area contributed by atoms with E-state index in [-0.39, 0.29) is 0 Å². The van der Waals surface area contributed by atoms with Crippen molar-refractivity contribution in [2.24, 2.45) is 0 Å². The van der Waals surface area contributed by atoms with Gasteiger partial charge in [0.1, 0.15) is 21.2 Å². The molecule has 0 aliphatic carbocycles. The molecule has 3 nitrogen and oxygen atoms in total. The molecule has 0 aliphatic rings. The summed E-state index contributed by atoms with van der Waals surface area (Å²) >= 11 is 2.64. The molecule has 6 heteroatoms. The van der Waals surface area contributed by atoms with E-state index < -0.39 is 10.8 Å². The summed E-state index contributed by atoms with van der Waals surface area (Å²) < 4.78 is 12.0. The Hall–Kier alpha value is -1.47. The minimum Gasteiger partial charge on any atom is -0.254 e. The van der Waals surface area contributed by atoms with Crippen LogP contribution in [0.2, 0.25) is 0 Å². The van der Waals surface area contributed by atoms with Crippen molar-refractivity contribution in [1.82, 2.24) is 0 Å². The van der Waals surface area contributed by atoms with Gasteiger partial charge in [0.2, 0.25) is 0 Å². The van der Waals surface area contributed by atoms with Crippen LogP contribution in [-0.4, -0.2) is 10.5 Å². The molecular weight excluding hydrogens is 272 g/mol. The van der Waals surface area contributed by atoms with Crippen LogP contribution in [0.25, 0.3) is 11.1 Å². The largest absolute Gasteiger partial charge is 0.254 e. The summed E-state index contributed by atoms with van der Waals surface area (Å²) in [6, 6.07) is 5.99. The average molecular weight is 278 g/mol. The molecule has 0 amide bonds. The normalized spacial score (nSPS) is 11.7. The van der Waals surface area contributed by atoms with E-state index in [0.717, 1.165) is 16.9 Å². The molecule has 1 atom stereocenters. The standard InChI is InChI=1S/C11H6N2OS3/c1-17(14)11-8(4-12)10(9(5-13)16-11)7-2-3-15-6-7/h2-3,6H,1H3. The third kappa shape index (κ3) is 2.03. The van der Waals surface area contributed by atoms with Crippen LogP contribution in [0.5, 0.6) is 0 Å². The van der Waals surface area contributed by atoms with Gasteiger partial charge in [-0.15, -0.1) is 11.3 Å². The van der Waals surface area contributed by atoms with E-state index in [1.165, 1.54) is 17.6 Å². The fourth-order valence-corrected chi connectivity index (χ4v) is 4.08. The number of hydrogen-bond acceptors (Lipinski definition) is 5. The summed E-state index contributed by atoms with van der Waals surface area (Å²) in [5, 5.41) is 22.0. The van der Waals surface area contributed by atoms with Crippen LogP contribution >= 0.6 is 22.7 Å². The minimum atomic E-state index is -1.24. The smallest absolute Gasteiger partial charge is 0.115 e. The van der Waals surface area contributed by atoms with E-state index in [4.69, 9.17) is 5.26 Å². The molecule has 2 heterocycles. The van der Waals surface area contributed by atoms with E-state index in [1.54, 1.807) is 0 Å². The maximum Gasteiger partial charge on any atom is 0.115 e. The van der Waals surface area contributed by atoms with Gasteiger partial charge in [-0.25, -0.2) is 0 Å². The van der Waals surface area contributed by atoms with Gasteiger partial charge in [-0.3, -0.25) is 4.21 Å². The predicted molar refractivity (Wildman–Crippen MR) is 69.4 cm³/mol. The monoisotopic (exact) mass is 278 g/mol. The Kier molecular flexibility index (Phi) is 3.39. The van der Waals surface area contributed by atoms with Gasteiger partial charge in [0.25, 0.3) is 0 Å². The zero-order valence-electron chi connectivity index (χ0n) is 8.76. The van der Waals surface area contributed by atoms with Gasteiger partial charge in [0.15, 0.2) is 0 Å². The van der Waals surface area contributed by atoms with Crippen molar-refractivity contribution >= 4 is 33.5 Å². The van der Waals surface area contributed by atoms with Gasteiger partial charge >= 0.3 is 0 Å². The van der Waals surface area contributed by atoms with Gasteiger partial charge in [0, 0.05) is 11.8 Å². The molecule has 0 spiro atoms. The second-order valence-electron chi connectivity index (χ2n) is 3.16. The van der Waals surface area contributed by atoms with Crippen molar-refractivity contribution in [3.63, 3.8) is 0 Å². The van der Waals surface area contributed by atoms with Crippen molar-refractivity contribution in [2.45, 2.75) is 4.21 Å². The maximum atomic E-state index is 11.5. The van der Waals surface area contributed by atoms with E-state index in [1.807, 2.05) is 16.8 Å². The highest BCUT2D eigenvalue weighted by molar-refractivity contribution is 7.86. The summed E-state index contributed by atoms with van der Waals surface area (Å²) in [7, 11) is -1.24. The van der Waals surface area contributed by atoms with Gasteiger partial charge in [0.05, 0.1) is 16.4 Å². The zero-order chi connectivity index (χ0) is 12.4. The summed E-state index contributed by atoms with van der Waals surface area (Å²) in [6.07, 6.45) is 1.52. The molecular formula is C11H6N2OS3. The summed E-state index contributed by atoms with van der Waals surface area (Å²) in [5.74, 6) is 0. The Labute approximate surface area is 109 Å². The lowest BCUT2D eigenvalue weighted by Gasteiger charge is -1.95. The van der Waals surface area contributed by atoms with E-state index >= 15 is 0 Å². The summed E-state index contributed by atoms with van der Waals surface area (Å²) in [5.41, 5.74) is 1.83. The molecule has 0 N–H and O–H groups in total. The van der Waals surface area contributed by atoms with Crippen LogP contribution < -0.4 is 0 Å². The SMILES string of the molecule is CS(=O)c1sc(C#N)c(-c2ccsc2)c1C#N. The van der Waals surface area contributed by atoms with E-state index in [2.05, 4.69) is 12.1 Å². The number of nitriles is 2. The Balaban J connectivity index is 2.79. The molecule has 2 rings (SSSR count). The van der Waals surface area contributed by atoms with Crippen molar-refractivity contribution in [1.29, 1.82) is 10.5 Å². The zero-order valence-corrected chi connectivity index (χ0v) is 11.2. The number of rotatable bonds is 2. The van der Waals surface area contributed by atoms with Crippen LogP contribution in [0.15, 0.2) is 21.0 Å². The molecule has 0 aromatic carbocycles. The lowest BCUT2D eigenvalue weighted by molar-refractivity contribution is 0.688. The van der Waals surface area contributed by atoms with Gasteiger partial charge in [-0.2, -0.15) is 21.9 Å². The van der Waals surface area contributed by atoms with Crippen molar-refractivity contribution in [2.75, 3.05) is 6.26 Å². The molecule has 17 heavy (non-hydrogen) atoms. The minimum absolute atomic E-state index is 0.366. The van der Waals surface area contributed by atoms with Crippen LogP contribution in [0.1, 0.15) is 10.4 Å². The molecule has 0 aliphatic heterocycles. The van der Waals surface area contributed by atoms with Crippen molar-refractivity contribution in [3.8, 4) is 23.3 Å². The third-order valence-electron chi connectivity index (χ3n) is 2.16. The van der Waals surface area contributed by atoms with Crippen molar-refractivity contribution in [3.05, 3.63) is 27.3 Å². The summed E-state index contributed by atoms with van der Waals surface area (Å²) in [6.45, 7) is 0. The van der Waals surface area contributed by atoms with Gasteiger partial charge in [-0.05, 0) is 22.4 Å². The first-order chi connectivity index (χ1) is 8.19. The molecule has 0 fully saturated rings. The average Bonchev–Trinajstić information content (AvgIpc) is 2.94. The van der Waals surface area contributed by atoms with E-state index in [0.29, 0.717) is 20.2 Å². The van der Waals surface area contributed by atoms with Gasteiger partial charge in [-0.1, -0.05) is 0 Å². The quantitative estimate of drug-likeness (QED) is 0.848. The first-order valence-electron chi connectivity index (χ1n) is 4.52. The molecule has 2 aromatic heterocycles. The highest BCUT2D eigenvalue weighted by Gasteiger charge is 2.21. The van der Waals surface area contributed by atoms with Crippen molar-refractivity contribution < 1.29 is 4.21 Å². The Morgan fingerprint density at radius 2 is 2.12 bits per heavy atom. The first-order valence-corrected chi connectivity index (χ1v) is 7.83. The third-order valence-corrected chi connectivity index (χ3v) is 5.41. The Morgan fingerprint density at radius 1 is 1.35 bits per heavy atom. The number of nitrogens with zero attached hydrogens (tertiary/aromatic N) is 2. The number of thiophene rings is 2. The van der Waals surface area contributed by atoms with Crippen LogP contribution in [0, 0.1) is 22.7 Å². The topological polar surface area (TPSA) is 64.7 Å². The molecule has 0 saturated heterocycles. The Bertz CT molecular complexity index is 656. The van der Waals surface area contributed by atoms with Crippen LogP contribution in [0.3, 0.4) is 0 Å². The molecule has 2 aromatic rings. The fourth-order valence-electron chi connectivity index (χ4n) is 1.48. The molecule has 84 valence electrons. The second kappa shape index (κ2) is 4.80. The van der Waals surface area contributed by atoms with Crippen LogP contribution in [-0.2, 0) is 10.8 Å². The fraction of sp³-hybridized carbons (Fsp3) is 0.0909. The highest BCUT2D eigenvalue weighted by atomic mass is 32.2. The van der Waals surface area contributed by atoms with Gasteiger partial charge < -0.3 is 0 Å². The summed E-state index contributed by atoms with van der Waals surface area (Å²) in [4.78, 5) is 0.449. The lowest BCUT2D eigenvalue weighted by atomic mass is 10.1. The molecule has 0 radical (unpaired) electrons. The lowest BCUT2D eigenvalue weighted by Crippen LogP contribution is -1.87. The molecule has 1 unspecified atom stereocenters. The van der Waals surface area contributed by atoms with E-state index in [9.17, 15) is 9.47 Å². The van der Waals surface area contributed by atoms with Crippen LogP contribution in [0.4, 0.5) is 0 Å². The molecule has 0 bridgehead atoms. The maximum absolute atomic E-state index is 11.5. The second-order valence-corrected chi connectivity index (χ2v) is 6.53. The Morgan fingerprint density at radius 3 is 2.59 bits per heavy atom.